The molecule has 0 aliphatic carbocycles. The first-order chi connectivity index (χ1) is 9.14. The molecule has 0 N–H and O–H groups in total. The number of esters is 1. The lowest BCUT2D eigenvalue weighted by atomic mass is 9.96. The summed E-state index contributed by atoms with van der Waals surface area (Å²) in [7, 11) is 1.31. The van der Waals surface area contributed by atoms with Crippen LogP contribution in [0.3, 0.4) is 0 Å². The minimum atomic E-state index is -0.779. The average molecular weight is 286 g/mol. The van der Waals surface area contributed by atoms with Crippen molar-refractivity contribution in [3.05, 3.63) is 29.3 Å². The molecule has 0 bridgehead atoms. The van der Waals surface area contributed by atoms with Crippen molar-refractivity contribution in [2.75, 3.05) is 7.11 Å². The number of carbonyl (C=O) groups is 1. The van der Waals surface area contributed by atoms with Gasteiger partial charge in [0.1, 0.15) is 11.4 Å². The fourth-order valence-corrected chi connectivity index (χ4v) is 1.90. The van der Waals surface area contributed by atoms with E-state index in [0.717, 1.165) is 6.07 Å². The van der Waals surface area contributed by atoms with Crippen molar-refractivity contribution >= 4 is 5.97 Å². The van der Waals surface area contributed by atoms with E-state index < -0.39 is 29.1 Å². The van der Waals surface area contributed by atoms with Crippen LogP contribution in [0.4, 0.5) is 8.78 Å². The summed E-state index contributed by atoms with van der Waals surface area (Å²) in [6.07, 6.45) is 0.0243. The average Bonchev–Trinajstić information content (AvgIpc) is 2.24. The van der Waals surface area contributed by atoms with Crippen molar-refractivity contribution in [3.63, 3.8) is 0 Å². The smallest absolute Gasteiger partial charge is 0.306 e. The highest BCUT2D eigenvalue weighted by Crippen LogP contribution is 2.32. The molecule has 1 aromatic rings. The van der Waals surface area contributed by atoms with Crippen LogP contribution >= 0.6 is 0 Å². The van der Waals surface area contributed by atoms with Gasteiger partial charge >= 0.3 is 5.97 Å². The maximum Gasteiger partial charge on any atom is 0.306 e. The fraction of sp³-hybridized carbons (Fsp3) is 0.533. The Morgan fingerprint density at radius 3 is 2.40 bits per heavy atom. The third-order valence-corrected chi connectivity index (χ3v) is 2.67. The molecule has 1 atom stereocenters. The van der Waals surface area contributed by atoms with Gasteiger partial charge in [0.05, 0.1) is 13.5 Å². The molecular formula is C15H20F2O3. The predicted molar refractivity (Wildman–Crippen MR) is 71.8 cm³/mol. The topological polar surface area (TPSA) is 35.5 Å². The second kappa shape index (κ2) is 6.20. The van der Waals surface area contributed by atoms with Gasteiger partial charge in [0.15, 0.2) is 11.6 Å². The summed E-state index contributed by atoms with van der Waals surface area (Å²) >= 11 is 0. The highest BCUT2D eigenvalue weighted by atomic mass is 19.1. The molecule has 0 radical (unpaired) electrons. The van der Waals surface area contributed by atoms with E-state index in [2.05, 4.69) is 0 Å². The van der Waals surface area contributed by atoms with Crippen LogP contribution in [0.1, 0.15) is 45.6 Å². The number of hydrogen-bond donors (Lipinski definition) is 0. The first-order valence-electron chi connectivity index (χ1n) is 6.39. The van der Waals surface area contributed by atoms with Crippen LogP contribution in [0.5, 0.6) is 5.75 Å². The molecule has 0 aliphatic heterocycles. The minimum absolute atomic E-state index is 0.0243. The summed E-state index contributed by atoms with van der Waals surface area (Å²) in [5.74, 6) is -2.35. The Morgan fingerprint density at radius 2 is 1.90 bits per heavy atom. The molecule has 1 rings (SSSR count). The Labute approximate surface area is 117 Å². The van der Waals surface area contributed by atoms with E-state index in [0.29, 0.717) is 5.56 Å². The van der Waals surface area contributed by atoms with Gasteiger partial charge in [-0.1, -0.05) is 6.92 Å². The molecule has 1 unspecified atom stereocenters. The SMILES string of the molecule is COc1c(F)cc(F)cc1C(C)CC(=O)OC(C)(C)C. The first kappa shape index (κ1) is 16.4. The largest absolute Gasteiger partial charge is 0.493 e. The minimum Gasteiger partial charge on any atom is -0.493 e. The van der Waals surface area contributed by atoms with Gasteiger partial charge in [-0.15, -0.1) is 0 Å². The summed E-state index contributed by atoms with van der Waals surface area (Å²) < 4.78 is 37.0. The molecule has 0 saturated carbocycles. The van der Waals surface area contributed by atoms with Gasteiger partial charge in [-0.05, 0) is 32.8 Å². The van der Waals surface area contributed by atoms with Gasteiger partial charge in [0.25, 0.3) is 0 Å². The molecule has 0 amide bonds. The zero-order valence-electron chi connectivity index (χ0n) is 12.4. The van der Waals surface area contributed by atoms with Crippen LogP contribution < -0.4 is 4.74 Å². The van der Waals surface area contributed by atoms with Crippen LogP contribution in [-0.4, -0.2) is 18.7 Å². The van der Waals surface area contributed by atoms with Crippen LogP contribution in [0, 0.1) is 11.6 Å². The number of benzene rings is 1. The molecule has 0 spiro atoms. The van der Waals surface area contributed by atoms with E-state index in [4.69, 9.17) is 9.47 Å². The van der Waals surface area contributed by atoms with E-state index >= 15 is 0 Å². The van der Waals surface area contributed by atoms with Gasteiger partial charge in [-0.3, -0.25) is 4.79 Å². The van der Waals surface area contributed by atoms with Gasteiger partial charge in [-0.2, -0.15) is 0 Å². The summed E-state index contributed by atoms with van der Waals surface area (Å²) in [4.78, 5) is 11.8. The van der Waals surface area contributed by atoms with Crippen LogP contribution in [0.2, 0.25) is 0 Å². The summed E-state index contributed by atoms with van der Waals surface area (Å²) in [5.41, 5.74) is -0.274. The molecular weight excluding hydrogens is 266 g/mol. The van der Waals surface area contributed by atoms with Crippen LogP contribution in [-0.2, 0) is 9.53 Å². The monoisotopic (exact) mass is 286 g/mol. The zero-order valence-corrected chi connectivity index (χ0v) is 12.4. The van der Waals surface area contributed by atoms with E-state index in [-0.39, 0.29) is 12.2 Å². The van der Waals surface area contributed by atoms with E-state index in [9.17, 15) is 13.6 Å². The second-order valence-electron chi connectivity index (χ2n) is 5.70. The van der Waals surface area contributed by atoms with Gasteiger partial charge < -0.3 is 9.47 Å². The molecule has 5 heteroatoms. The molecule has 3 nitrogen and oxygen atoms in total. The number of halogens is 2. The van der Waals surface area contributed by atoms with Gasteiger partial charge in [0.2, 0.25) is 0 Å². The Morgan fingerprint density at radius 1 is 1.30 bits per heavy atom. The zero-order chi connectivity index (χ0) is 15.5. The quantitative estimate of drug-likeness (QED) is 0.790. The molecule has 20 heavy (non-hydrogen) atoms. The molecule has 0 heterocycles. The lowest BCUT2D eigenvalue weighted by molar-refractivity contribution is -0.155. The number of methoxy groups -OCH3 is 1. The molecule has 0 aliphatic rings. The van der Waals surface area contributed by atoms with Crippen molar-refractivity contribution in [2.24, 2.45) is 0 Å². The number of hydrogen-bond acceptors (Lipinski definition) is 3. The molecule has 1 aromatic carbocycles. The van der Waals surface area contributed by atoms with E-state index in [1.807, 2.05) is 0 Å². The van der Waals surface area contributed by atoms with Gasteiger partial charge in [-0.25, -0.2) is 8.78 Å². The van der Waals surface area contributed by atoms with Crippen molar-refractivity contribution in [3.8, 4) is 5.75 Å². The lowest BCUT2D eigenvalue weighted by Gasteiger charge is -2.21. The van der Waals surface area contributed by atoms with Crippen LogP contribution in [0.25, 0.3) is 0 Å². The Kier molecular flexibility index (Phi) is 5.09. The Balaban J connectivity index is 2.92. The number of ether oxygens (including phenoxy) is 2. The Bertz CT molecular complexity index is 493. The highest BCUT2D eigenvalue weighted by molar-refractivity contribution is 5.71. The standard InChI is InChI=1S/C15H20F2O3/c1-9(6-13(18)20-15(2,3)4)11-7-10(16)8-12(17)14(11)19-5/h7-9H,6H2,1-5H3. The predicted octanol–water partition coefficient (Wildman–Crippen LogP) is 3.81. The Hall–Kier alpha value is -1.65. The van der Waals surface area contributed by atoms with Gasteiger partial charge in [0, 0.05) is 11.6 Å². The maximum atomic E-state index is 13.6. The highest BCUT2D eigenvalue weighted by Gasteiger charge is 2.23. The molecule has 0 aromatic heterocycles. The third-order valence-electron chi connectivity index (χ3n) is 2.67. The molecule has 0 saturated heterocycles. The maximum absolute atomic E-state index is 13.6. The van der Waals surface area contributed by atoms with Crippen molar-refractivity contribution in [2.45, 2.75) is 45.6 Å². The summed E-state index contributed by atoms with van der Waals surface area (Å²) in [6.45, 7) is 6.98. The number of carbonyl (C=O) groups excluding carboxylic acids is 1. The second-order valence-corrected chi connectivity index (χ2v) is 5.70. The third kappa shape index (κ3) is 4.47. The fourth-order valence-electron chi connectivity index (χ4n) is 1.90. The summed E-state index contributed by atoms with van der Waals surface area (Å²) in [5, 5.41) is 0. The van der Waals surface area contributed by atoms with E-state index in [1.54, 1.807) is 27.7 Å². The molecule has 0 fully saturated rings. The van der Waals surface area contributed by atoms with Crippen molar-refractivity contribution in [1.82, 2.24) is 0 Å². The first-order valence-corrected chi connectivity index (χ1v) is 6.39. The van der Waals surface area contributed by atoms with Crippen LogP contribution in [0.15, 0.2) is 12.1 Å². The van der Waals surface area contributed by atoms with Crippen molar-refractivity contribution in [1.29, 1.82) is 0 Å². The van der Waals surface area contributed by atoms with E-state index in [1.165, 1.54) is 13.2 Å². The number of rotatable bonds is 4. The normalized spacial score (nSPS) is 12.9. The molecule has 112 valence electrons. The van der Waals surface area contributed by atoms with Crippen molar-refractivity contribution < 1.29 is 23.0 Å². The lowest BCUT2D eigenvalue weighted by Crippen LogP contribution is -2.24. The summed E-state index contributed by atoms with van der Waals surface area (Å²) in [6, 6.07) is 1.93.